The molecule has 0 aliphatic carbocycles. The van der Waals surface area contributed by atoms with Gasteiger partial charge in [-0.25, -0.2) is 0 Å². The summed E-state index contributed by atoms with van der Waals surface area (Å²) in [6.45, 7) is 6.72. The summed E-state index contributed by atoms with van der Waals surface area (Å²) < 4.78 is 0. The van der Waals surface area contributed by atoms with Crippen LogP contribution in [0.3, 0.4) is 0 Å². The van der Waals surface area contributed by atoms with E-state index in [-0.39, 0.29) is 5.54 Å². The third-order valence-electron chi connectivity index (χ3n) is 5.08. The van der Waals surface area contributed by atoms with Crippen molar-refractivity contribution in [1.29, 1.82) is 0 Å². The van der Waals surface area contributed by atoms with Crippen molar-refractivity contribution in [3.8, 4) is 0 Å². The fraction of sp³-hybridized carbons (Fsp3) is 0.733. The Balaban J connectivity index is 1.92. The summed E-state index contributed by atoms with van der Waals surface area (Å²) in [4.78, 5) is 4.31. The molecular formula is C15H24N2S2. The van der Waals surface area contributed by atoms with Gasteiger partial charge in [-0.2, -0.15) is 11.8 Å². The summed E-state index contributed by atoms with van der Waals surface area (Å²) in [6, 6.07) is 2.85. The van der Waals surface area contributed by atoms with E-state index in [2.05, 4.69) is 42.0 Å². The van der Waals surface area contributed by atoms with Crippen LogP contribution in [0.1, 0.15) is 43.2 Å². The van der Waals surface area contributed by atoms with Crippen LogP contribution in [-0.4, -0.2) is 34.5 Å². The van der Waals surface area contributed by atoms with E-state index in [0.29, 0.717) is 11.3 Å². The van der Waals surface area contributed by atoms with E-state index in [0.717, 1.165) is 6.54 Å². The summed E-state index contributed by atoms with van der Waals surface area (Å²) in [7, 11) is 0. The molecule has 2 N–H and O–H groups in total. The average molecular weight is 297 g/mol. The van der Waals surface area contributed by atoms with E-state index in [4.69, 9.17) is 5.73 Å². The first-order chi connectivity index (χ1) is 9.19. The molecule has 3 heterocycles. The van der Waals surface area contributed by atoms with Crippen LogP contribution >= 0.6 is 23.1 Å². The number of hydrogen-bond acceptors (Lipinski definition) is 4. The lowest BCUT2D eigenvalue weighted by Crippen LogP contribution is -2.62. The van der Waals surface area contributed by atoms with Crippen molar-refractivity contribution in [2.45, 2.75) is 49.9 Å². The van der Waals surface area contributed by atoms with Gasteiger partial charge in [0.25, 0.3) is 0 Å². The molecule has 1 aromatic heterocycles. The number of thiophene rings is 1. The van der Waals surface area contributed by atoms with E-state index in [1.807, 2.05) is 11.3 Å². The molecule has 2 aliphatic heterocycles. The first-order valence-corrected chi connectivity index (χ1v) is 9.26. The van der Waals surface area contributed by atoms with Crippen molar-refractivity contribution in [3.05, 3.63) is 21.9 Å². The minimum Gasteiger partial charge on any atom is -0.329 e. The molecule has 1 saturated heterocycles. The SMILES string of the molecule is CC1c2ccsc2CCN1C1(CN)CCCSC1C. The average Bonchev–Trinajstić information content (AvgIpc) is 2.90. The van der Waals surface area contributed by atoms with Crippen LogP contribution in [0, 0.1) is 0 Å². The molecule has 0 radical (unpaired) electrons. The van der Waals surface area contributed by atoms with E-state index in [1.165, 1.54) is 31.6 Å². The summed E-state index contributed by atoms with van der Waals surface area (Å²) in [5, 5.41) is 2.90. The Bertz CT molecular complexity index is 445. The normalized spacial score (nSPS) is 36.2. The van der Waals surface area contributed by atoms with Crippen molar-refractivity contribution in [1.82, 2.24) is 4.90 Å². The number of fused-ring (bicyclic) bond motifs is 1. The molecule has 0 bridgehead atoms. The molecule has 3 rings (SSSR count). The number of nitrogens with zero attached hydrogens (tertiary/aromatic N) is 1. The van der Waals surface area contributed by atoms with Gasteiger partial charge in [-0.15, -0.1) is 11.3 Å². The van der Waals surface area contributed by atoms with Crippen molar-refractivity contribution >= 4 is 23.1 Å². The van der Waals surface area contributed by atoms with Gasteiger partial charge in [-0.05, 0) is 48.9 Å². The van der Waals surface area contributed by atoms with Gasteiger partial charge in [0.05, 0.1) is 0 Å². The van der Waals surface area contributed by atoms with Crippen molar-refractivity contribution < 1.29 is 0 Å². The lowest BCUT2D eigenvalue weighted by Gasteiger charge is -2.53. The van der Waals surface area contributed by atoms with Gasteiger partial charge in [0.1, 0.15) is 0 Å². The largest absolute Gasteiger partial charge is 0.329 e. The highest BCUT2D eigenvalue weighted by Gasteiger charge is 2.46. The first kappa shape index (κ1) is 13.9. The molecule has 3 atom stereocenters. The quantitative estimate of drug-likeness (QED) is 0.908. The molecule has 0 spiro atoms. The van der Waals surface area contributed by atoms with E-state index >= 15 is 0 Å². The van der Waals surface area contributed by atoms with Gasteiger partial charge in [0.2, 0.25) is 0 Å². The zero-order valence-corrected chi connectivity index (χ0v) is 13.5. The Kier molecular flexibility index (Phi) is 3.96. The summed E-state index contributed by atoms with van der Waals surface area (Å²) in [6.07, 6.45) is 3.78. The number of rotatable bonds is 2. The predicted molar refractivity (Wildman–Crippen MR) is 86.1 cm³/mol. The van der Waals surface area contributed by atoms with Crippen LogP contribution < -0.4 is 5.73 Å². The third kappa shape index (κ3) is 2.17. The Hall–Kier alpha value is -0.0300. The van der Waals surface area contributed by atoms with Gasteiger partial charge in [-0.1, -0.05) is 6.92 Å². The molecule has 3 unspecified atom stereocenters. The molecule has 0 aromatic carbocycles. The van der Waals surface area contributed by atoms with E-state index in [1.54, 1.807) is 10.4 Å². The Labute approximate surface area is 124 Å². The summed E-state index contributed by atoms with van der Waals surface area (Å²) >= 11 is 4.03. The second kappa shape index (κ2) is 5.40. The molecule has 106 valence electrons. The highest BCUT2D eigenvalue weighted by molar-refractivity contribution is 8.00. The second-order valence-corrected chi connectivity index (χ2v) is 8.29. The van der Waals surface area contributed by atoms with Gasteiger partial charge < -0.3 is 5.73 Å². The Morgan fingerprint density at radius 1 is 1.47 bits per heavy atom. The Morgan fingerprint density at radius 2 is 2.32 bits per heavy atom. The van der Waals surface area contributed by atoms with Crippen LogP contribution in [0.2, 0.25) is 0 Å². The zero-order chi connectivity index (χ0) is 13.5. The molecule has 2 nitrogen and oxygen atoms in total. The Morgan fingerprint density at radius 3 is 3.05 bits per heavy atom. The molecule has 1 aromatic rings. The fourth-order valence-electron chi connectivity index (χ4n) is 3.88. The van der Waals surface area contributed by atoms with Crippen LogP contribution in [0.4, 0.5) is 0 Å². The molecule has 19 heavy (non-hydrogen) atoms. The summed E-state index contributed by atoms with van der Waals surface area (Å²) in [5.41, 5.74) is 8.02. The molecule has 0 amide bonds. The minimum absolute atomic E-state index is 0.210. The monoisotopic (exact) mass is 296 g/mol. The first-order valence-electron chi connectivity index (χ1n) is 7.34. The van der Waals surface area contributed by atoms with Gasteiger partial charge in [0.15, 0.2) is 0 Å². The van der Waals surface area contributed by atoms with Gasteiger partial charge >= 0.3 is 0 Å². The fourth-order valence-corrected chi connectivity index (χ4v) is 6.16. The lowest BCUT2D eigenvalue weighted by molar-refractivity contribution is 0.0384. The second-order valence-electron chi connectivity index (χ2n) is 5.84. The number of nitrogens with two attached hydrogens (primary N) is 1. The van der Waals surface area contributed by atoms with Crippen molar-refractivity contribution in [2.24, 2.45) is 5.73 Å². The van der Waals surface area contributed by atoms with Crippen molar-refractivity contribution in [2.75, 3.05) is 18.8 Å². The molecule has 0 saturated carbocycles. The lowest BCUT2D eigenvalue weighted by atomic mass is 9.83. The maximum atomic E-state index is 6.26. The van der Waals surface area contributed by atoms with Crippen LogP contribution in [-0.2, 0) is 6.42 Å². The predicted octanol–water partition coefficient (Wildman–Crippen LogP) is 3.28. The summed E-state index contributed by atoms with van der Waals surface area (Å²) in [5.74, 6) is 1.30. The topological polar surface area (TPSA) is 29.3 Å². The maximum Gasteiger partial charge on any atom is 0.0453 e. The van der Waals surface area contributed by atoms with Gasteiger partial charge in [-0.3, -0.25) is 4.90 Å². The van der Waals surface area contributed by atoms with Crippen molar-refractivity contribution in [3.63, 3.8) is 0 Å². The zero-order valence-electron chi connectivity index (χ0n) is 11.9. The highest BCUT2D eigenvalue weighted by Crippen LogP contribution is 2.44. The third-order valence-corrected chi connectivity index (χ3v) is 7.54. The number of hydrogen-bond donors (Lipinski definition) is 1. The van der Waals surface area contributed by atoms with Gasteiger partial charge in [0, 0.05) is 34.8 Å². The van der Waals surface area contributed by atoms with E-state index < -0.39 is 0 Å². The molecular weight excluding hydrogens is 272 g/mol. The van der Waals surface area contributed by atoms with Crippen LogP contribution in [0.25, 0.3) is 0 Å². The molecule has 4 heteroatoms. The standard InChI is InChI=1S/C15H24N2S2/c1-11-13-5-9-19-14(13)4-7-17(11)15(10-16)6-3-8-18-12(15)2/h5,9,11-12H,3-4,6-8,10,16H2,1-2H3. The van der Waals surface area contributed by atoms with E-state index in [9.17, 15) is 0 Å². The smallest absolute Gasteiger partial charge is 0.0453 e. The van der Waals surface area contributed by atoms with Crippen LogP contribution in [0.5, 0.6) is 0 Å². The molecule has 2 aliphatic rings. The molecule has 1 fully saturated rings. The number of thioether (sulfide) groups is 1. The maximum absolute atomic E-state index is 6.26. The van der Waals surface area contributed by atoms with Crippen LogP contribution in [0.15, 0.2) is 11.4 Å². The minimum atomic E-state index is 0.210. The highest BCUT2D eigenvalue weighted by atomic mass is 32.2.